The van der Waals surface area contributed by atoms with Crippen molar-refractivity contribution in [2.24, 2.45) is 11.8 Å². The maximum atomic E-state index is 9.11. The Morgan fingerprint density at radius 2 is 1.71 bits per heavy atom. The lowest BCUT2D eigenvalue weighted by Gasteiger charge is -2.30. The van der Waals surface area contributed by atoms with Gasteiger partial charge in [-0.2, -0.15) is 0 Å². The van der Waals surface area contributed by atoms with Crippen molar-refractivity contribution in [3.8, 4) is 0 Å². The zero-order valence-electron chi connectivity index (χ0n) is 11.9. The average molecular weight is 258 g/mol. The van der Waals surface area contributed by atoms with E-state index in [9.17, 15) is 0 Å². The lowest BCUT2D eigenvalue weighted by molar-refractivity contribution is 0.136. The van der Waals surface area contributed by atoms with Gasteiger partial charge < -0.3 is 9.53 Å². The van der Waals surface area contributed by atoms with Gasteiger partial charge in [-0.3, -0.25) is 0 Å². The third-order valence-corrected chi connectivity index (χ3v) is 6.57. The van der Waals surface area contributed by atoms with E-state index >= 15 is 0 Å². The first kappa shape index (κ1) is 15.2. The summed E-state index contributed by atoms with van der Waals surface area (Å²) in [5.74, 6) is 1.32. The van der Waals surface area contributed by atoms with Crippen LogP contribution in [-0.2, 0) is 4.43 Å². The van der Waals surface area contributed by atoms with Gasteiger partial charge in [0.2, 0.25) is 0 Å². The number of aliphatic hydroxyl groups is 1. The molecule has 0 bridgehead atoms. The minimum atomic E-state index is -1.38. The van der Waals surface area contributed by atoms with E-state index in [1.54, 1.807) is 0 Å². The lowest BCUT2D eigenvalue weighted by Crippen LogP contribution is -2.33. The van der Waals surface area contributed by atoms with E-state index in [-0.39, 0.29) is 0 Å². The van der Waals surface area contributed by atoms with Crippen LogP contribution in [0.4, 0.5) is 0 Å². The van der Waals surface area contributed by atoms with Crippen molar-refractivity contribution in [3.63, 3.8) is 0 Å². The molecule has 0 spiro atoms. The van der Waals surface area contributed by atoms with E-state index < -0.39 is 8.32 Å². The zero-order chi connectivity index (χ0) is 12.7. The maximum Gasteiger partial charge on any atom is 0.186 e. The predicted molar refractivity (Wildman–Crippen MR) is 75.7 cm³/mol. The van der Waals surface area contributed by atoms with E-state index in [1.165, 1.54) is 44.6 Å². The molecule has 0 amide bonds. The Hall–Kier alpha value is 0.137. The Kier molecular flexibility index (Phi) is 6.74. The van der Waals surface area contributed by atoms with Gasteiger partial charge in [0.05, 0.1) is 0 Å². The molecule has 1 saturated carbocycles. The Labute approximate surface area is 108 Å². The third kappa shape index (κ3) is 6.02. The third-order valence-electron chi connectivity index (χ3n) is 4.07. The van der Waals surface area contributed by atoms with Gasteiger partial charge in [-0.15, -0.1) is 0 Å². The highest BCUT2D eigenvalue weighted by atomic mass is 28.4. The molecule has 0 heterocycles. The fourth-order valence-electron chi connectivity index (χ4n) is 2.60. The molecule has 0 atom stereocenters. The molecule has 0 radical (unpaired) electrons. The summed E-state index contributed by atoms with van der Waals surface area (Å²) in [6.45, 7) is 8.30. The van der Waals surface area contributed by atoms with Gasteiger partial charge in [0.15, 0.2) is 8.32 Å². The van der Waals surface area contributed by atoms with Gasteiger partial charge in [0.25, 0.3) is 0 Å². The second-order valence-electron chi connectivity index (χ2n) is 6.24. The molecule has 1 fully saturated rings. The normalized spacial score (nSPS) is 26.1. The molecule has 1 N–H and O–H groups in total. The second-order valence-corrected chi connectivity index (χ2v) is 10.6. The average Bonchev–Trinajstić information content (AvgIpc) is 2.35. The number of rotatable bonds is 7. The van der Waals surface area contributed by atoms with Crippen molar-refractivity contribution in [2.75, 3.05) is 13.2 Å². The molecule has 2 nitrogen and oxygen atoms in total. The molecule has 102 valence electrons. The zero-order valence-corrected chi connectivity index (χ0v) is 12.9. The monoisotopic (exact) mass is 258 g/mol. The largest absolute Gasteiger partial charge is 0.417 e. The van der Waals surface area contributed by atoms with E-state index in [0.29, 0.717) is 12.5 Å². The topological polar surface area (TPSA) is 29.5 Å². The quantitative estimate of drug-likeness (QED) is 0.704. The van der Waals surface area contributed by atoms with Crippen molar-refractivity contribution in [1.29, 1.82) is 0 Å². The summed E-state index contributed by atoms with van der Waals surface area (Å²) in [6, 6.07) is 1.30. The van der Waals surface area contributed by atoms with Gasteiger partial charge in [-0.05, 0) is 56.7 Å². The molecular weight excluding hydrogens is 228 g/mol. The van der Waals surface area contributed by atoms with Crippen LogP contribution >= 0.6 is 0 Å². The Morgan fingerprint density at radius 3 is 2.24 bits per heavy atom. The van der Waals surface area contributed by atoms with Crippen LogP contribution in [0.3, 0.4) is 0 Å². The van der Waals surface area contributed by atoms with E-state index in [4.69, 9.17) is 9.53 Å². The molecule has 1 aliphatic carbocycles. The van der Waals surface area contributed by atoms with Crippen LogP contribution in [0.25, 0.3) is 0 Å². The van der Waals surface area contributed by atoms with Crippen LogP contribution in [0.1, 0.15) is 45.4 Å². The summed E-state index contributed by atoms with van der Waals surface area (Å²) < 4.78 is 6.22. The van der Waals surface area contributed by atoms with Crippen molar-refractivity contribution in [3.05, 3.63) is 0 Å². The van der Waals surface area contributed by atoms with Gasteiger partial charge in [-0.1, -0.05) is 19.8 Å². The highest BCUT2D eigenvalue weighted by Crippen LogP contribution is 2.29. The standard InChI is InChI=1S/C14H30O2Si/c1-4-5-10-17(2,3)16-12-14-8-6-13(11-15)7-9-14/h13-15H,4-12H2,1-3H3. The summed E-state index contributed by atoms with van der Waals surface area (Å²) >= 11 is 0. The summed E-state index contributed by atoms with van der Waals surface area (Å²) in [5, 5.41) is 9.11. The number of hydrogen-bond acceptors (Lipinski definition) is 2. The minimum absolute atomic E-state index is 0.379. The maximum absolute atomic E-state index is 9.11. The smallest absolute Gasteiger partial charge is 0.186 e. The van der Waals surface area contributed by atoms with Crippen LogP contribution in [0.5, 0.6) is 0 Å². The molecule has 1 aliphatic rings. The minimum Gasteiger partial charge on any atom is -0.417 e. The van der Waals surface area contributed by atoms with Gasteiger partial charge >= 0.3 is 0 Å². The van der Waals surface area contributed by atoms with Crippen LogP contribution in [0.2, 0.25) is 19.1 Å². The van der Waals surface area contributed by atoms with E-state index in [2.05, 4.69) is 20.0 Å². The summed E-state index contributed by atoms with van der Waals surface area (Å²) in [4.78, 5) is 0. The van der Waals surface area contributed by atoms with Crippen molar-refractivity contribution < 1.29 is 9.53 Å². The lowest BCUT2D eigenvalue weighted by atomic mass is 9.83. The molecule has 1 rings (SSSR count). The molecule has 0 saturated heterocycles. The van der Waals surface area contributed by atoms with Gasteiger partial charge in [0.1, 0.15) is 0 Å². The van der Waals surface area contributed by atoms with E-state index in [0.717, 1.165) is 12.5 Å². The van der Waals surface area contributed by atoms with Crippen LogP contribution < -0.4 is 0 Å². The molecule has 0 aromatic heterocycles. The molecule has 0 unspecified atom stereocenters. The number of unbranched alkanes of at least 4 members (excludes halogenated alkanes) is 1. The van der Waals surface area contributed by atoms with E-state index in [1.807, 2.05) is 0 Å². The first-order chi connectivity index (χ1) is 8.07. The molecular formula is C14H30O2Si. The molecule has 0 aromatic rings. The van der Waals surface area contributed by atoms with Crippen molar-refractivity contribution in [1.82, 2.24) is 0 Å². The van der Waals surface area contributed by atoms with Crippen molar-refractivity contribution in [2.45, 2.75) is 64.6 Å². The summed E-state index contributed by atoms with van der Waals surface area (Å²) in [5.41, 5.74) is 0. The van der Waals surface area contributed by atoms with Gasteiger partial charge in [-0.25, -0.2) is 0 Å². The second kappa shape index (κ2) is 7.55. The molecule has 17 heavy (non-hydrogen) atoms. The SMILES string of the molecule is CCCC[Si](C)(C)OCC1CCC(CO)CC1. The fraction of sp³-hybridized carbons (Fsp3) is 1.00. The first-order valence-electron chi connectivity index (χ1n) is 7.32. The highest BCUT2D eigenvalue weighted by molar-refractivity contribution is 6.71. The van der Waals surface area contributed by atoms with Crippen LogP contribution in [0.15, 0.2) is 0 Å². The predicted octanol–water partition coefficient (Wildman–Crippen LogP) is 3.81. The molecule has 3 heteroatoms. The molecule has 0 aromatic carbocycles. The Bertz CT molecular complexity index is 198. The summed E-state index contributed by atoms with van der Waals surface area (Å²) in [7, 11) is -1.38. The Morgan fingerprint density at radius 1 is 1.12 bits per heavy atom. The van der Waals surface area contributed by atoms with Gasteiger partial charge in [0, 0.05) is 13.2 Å². The highest BCUT2D eigenvalue weighted by Gasteiger charge is 2.25. The van der Waals surface area contributed by atoms with Crippen LogP contribution in [-0.4, -0.2) is 26.6 Å². The van der Waals surface area contributed by atoms with Crippen molar-refractivity contribution >= 4 is 8.32 Å². The number of aliphatic hydroxyl groups excluding tert-OH is 1. The fourth-order valence-corrected chi connectivity index (χ4v) is 4.64. The van der Waals surface area contributed by atoms with Crippen LogP contribution in [0, 0.1) is 11.8 Å². The Balaban J connectivity index is 2.18. The molecule has 0 aliphatic heterocycles. The summed E-state index contributed by atoms with van der Waals surface area (Å²) in [6.07, 6.45) is 7.49. The number of hydrogen-bond donors (Lipinski definition) is 1. The first-order valence-corrected chi connectivity index (χ1v) is 10.4.